The van der Waals surface area contributed by atoms with Crippen molar-refractivity contribution in [3.8, 4) is 11.1 Å². The lowest BCUT2D eigenvalue weighted by Crippen LogP contribution is -2.35. The summed E-state index contributed by atoms with van der Waals surface area (Å²) in [5, 5.41) is 8.71. The fraction of sp³-hybridized carbons (Fsp3) is 0.387. The number of fused-ring (bicyclic) bond motifs is 1. The maximum Gasteiger partial charge on any atom is 0.252 e. The van der Waals surface area contributed by atoms with Crippen LogP contribution in [0.5, 0.6) is 0 Å². The second kappa shape index (κ2) is 11.6. The lowest BCUT2D eigenvalue weighted by atomic mass is 9.98. The van der Waals surface area contributed by atoms with Crippen molar-refractivity contribution in [1.82, 2.24) is 25.0 Å². The minimum atomic E-state index is -0.266. The largest absolute Gasteiger partial charge is 0.379 e. The van der Waals surface area contributed by atoms with Crippen LogP contribution in [0.1, 0.15) is 58.9 Å². The van der Waals surface area contributed by atoms with E-state index in [1.165, 1.54) is 24.5 Å². The highest BCUT2D eigenvalue weighted by molar-refractivity contribution is 6.30. The van der Waals surface area contributed by atoms with Crippen LogP contribution in [0, 0.1) is 6.92 Å². The Morgan fingerprint density at radius 3 is 2.58 bits per heavy atom. The van der Waals surface area contributed by atoms with Crippen LogP contribution in [0.3, 0.4) is 0 Å². The van der Waals surface area contributed by atoms with E-state index >= 15 is 0 Å². The summed E-state index contributed by atoms with van der Waals surface area (Å²) in [5.41, 5.74) is 5.56. The van der Waals surface area contributed by atoms with Gasteiger partial charge in [-0.25, -0.2) is 0 Å². The molecule has 2 fully saturated rings. The molecule has 0 unspecified atom stereocenters. The van der Waals surface area contributed by atoms with E-state index in [2.05, 4.69) is 50.2 Å². The third-order valence-corrected chi connectivity index (χ3v) is 8.39. The zero-order chi connectivity index (χ0) is 27.6. The molecule has 9 heteroatoms. The zero-order valence-corrected chi connectivity index (χ0v) is 23.5. The van der Waals surface area contributed by atoms with Gasteiger partial charge in [0.25, 0.3) is 5.91 Å². The molecule has 2 aromatic heterocycles. The molecule has 2 aromatic carbocycles. The lowest BCUT2D eigenvalue weighted by molar-refractivity contribution is 0.0342. The van der Waals surface area contributed by atoms with E-state index in [0.717, 1.165) is 67.7 Å². The first-order chi connectivity index (χ1) is 19.5. The van der Waals surface area contributed by atoms with Crippen molar-refractivity contribution in [3.63, 3.8) is 0 Å². The molecule has 40 heavy (non-hydrogen) atoms. The van der Waals surface area contributed by atoms with E-state index in [4.69, 9.17) is 21.4 Å². The number of hydrogen-bond acceptors (Lipinski definition) is 5. The Morgan fingerprint density at radius 2 is 1.85 bits per heavy atom. The van der Waals surface area contributed by atoms with E-state index in [1.54, 1.807) is 13.1 Å². The van der Waals surface area contributed by atoms with Crippen LogP contribution in [0.4, 0.5) is 0 Å². The molecule has 1 aliphatic carbocycles. The van der Waals surface area contributed by atoms with E-state index < -0.39 is 0 Å². The number of aryl methyl sites for hydroxylation is 1. The Hall–Kier alpha value is -3.46. The van der Waals surface area contributed by atoms with Crippen LogP contribution in [-0.2, 0) is 17.8 Å². The fourth-order valence-electron chi connectivity index (χ4n) is 5.86. The van der Waals surface area contributed by atoms with Gasteiger partial charge in [-0.1, -0.05) is 48.7 Å². The molecule has 3 heterocycles. The molecule has 208 valence electrons. The zero-order valence-electron chi connectivity index (χ0n) is 22.7. The Balaban J connectivity index is 1.32. The molecular weight excluding hydrogens is 526 g/mol. The third-order valence-electron chi connectivity index (χ3n) is 8.07. The van der Waals surface area contributed by atoms with E-state index in [-0.39, 0.29) is 23.0 Å². The van der Waals surface area contributed by atoms with Gasteiger partial charge in [-0.05, 0) is 48.6 Å². The average Bonchev–Trinajstić information content (AvgIpc) is 3.63. The molecule has 8 nitrogen and oxygen atoms in total. The number of pyridine rings is 1. The van der Waals surface area contributed by atoms with Crippen molar-refractivity contribution in [2.45, 2.75) is 51.7 Å². The number of rotatable bonds is 7. The normalized spacial score (nSPS) is 16.6. The number of ether oxygens (including phenoxy) is 1. The molecule has 0 spiro atoms. The maximum atomic E-state index is 13.6. The van der Waals surface area contributed by atoms with Crippen molar-refractivity contribution in [3.05, 3.63) is 86.4 Å². The number of nitrogens with one attached hydrogen (secondary N) is 2. The van der Waals surface area contributed by atoms with Gasteiger partial charge >= 0.3 is 0 Å². The van der Waals surface area contributed by atoms with E-state index in [0.29, 0.717) is 22.9 Å². The molecule has 2 aliphatic rings. The molecule has 1 aliphatic heterocycles. The number of morpholine rings is 1. The van der Waals surface area contributed by atoms with Gasteiger partial charge in [-0.2, -0.15) is 5.10 Å². The highest BCUT2D eigenvalue weighted by Crippen LogP contribution is 2.35. The average molecular weight is 560 g/mol. The first-order valence-electron chi connectivity index (χ1n) is 14.0. The Labute approximate surface area is 238 Å². The van der Waals surface area contributed by atoms with E-state index in [9.17, 15) is 9.59 Å². The van der Waals surface area contributed by atoms with Gasteiger partial charge in [-0.15, -0.1) is 0 Å². The lowest BCUT2D eigenvalue weighted by Gasteiger charge is -2.26. The molecule has 6 rings (SSSR count). The molecule has 0 radical (unpaired) electrons. The van der Waals surface area contributed by atoms with Gasteiger partial charge in [-0.3, -0.25) is 19.2 Å². The van der Waals surface area contributed by atoms with Crippen molar-refractivity contribution in [2.75, 3.05) is 26.3 Å². The van der Waals surface area contributed by atoms with Gasteiger partial charge in [0.2, 0.25) is 0 Å². The van der Waals surface area contributed by atoms with E-state index in [1.807, 2.05) is 6.07 Å². The number of amides is 1. The van der Waals surface area contributed by atoms with Gasteiger partial charge in [0.05, 0.1) is 42.1 Å². The number of benzene rings is 2. The highest BCUT2D eigenvalue weighted by Gasteiger charge is 2.23. The van der Waals surface area contributed by atoms with Gasteiger partial charge in [0, 0.05) is 43.3 Å². The van der Waals surface area contributed by atoms with Gasteiger partial charge in [0.1, 0.15) is 5.15 Å². The number of H-pyrrole nitrogens is 1. The molecular formula is C31H34ClN5O3. The number of halogens is 1. The molecule has 1 saturated heterocycles. The summed E-state index contributed by atoms with van der Waals surface area (Å²) in [6, 6.07) is 14.5. The smallest absolute Gasteiger partial charge is 0.252 e. The van der Waals surface area contributed by atoms with Crippen LogP contribution in [0.15, 0.2) is 53.5 Å². The van der Waals surface area contributed by atoms with Crippen molar-refractivity contribution in [2.24, 2.45) is 0 Å². The first kappa shape index (κ1) is 26.7. The summed E-state index contributed by atoms with van der Waals surface area (Å²) in [4.78, 5) is 31.4. The molecule has 0 bridgehead atoms. The predicted octanol–water partition coefficient (Wildman–Crippen LogP) is 5.23. The maximum absolute atomic E-state index is 13.6. The second-order valence-electron chi connectivity index (χ2n) is 10.9. The number of aromatic amines is 1. The molecule has 1 amide bonds. The SMILES string of the molecule is Cc1cc(=O)c(CNC(=O)c2cc(-c3ccc(CN4CCOCC4)cc3)cc3c2cnn3C2CCCC2)c(Cl)[nH]1. The Bertz CT molecular complexity index is 1580. The Kier molecular flexibility index (Phi) is 7.74. The number of hydrogen-bond donors (Lipinski definition) is 2. The van der Waals surface area contributed by atoms with Crippen molar-refractivity contribution >= 4 is 28.4 Å². The summed E-state index contributed by atoms with van der Waals surface area (Å²) >= 11 is 6.29. The molecule has 1 saturated carbocycles. The van der Waals surface area contributed by atoms with Crippen LogP contribution in [0.2, 0.25) is 5.15 Å². The number of nitrogens with zero attached hydrogens (tertiary/aromatic N) is 3. The highest BCUT2D eigenvalue weighted by atomic mass is 35.5. The quantitative estimate of drug-likeness (QED) is 0.302. The number of carbonyl (C=O) groups is 1. The molecule has 4 aromatic rings. The fourth-order valence-corrected chi connectivity index (χ4v) is 6.17. The van der Waals surface area contributed by atoms with Crippen LogP contribution in [0.25, 0.3) is 22.0 Å². The standard InChI is InChI=1S/C31H34ClN5O3/c1-20-14-29(38)27(30(32)35-20)17-33-31(39)25-15-23(16-28-26(25)18-34-37(28)24-4-2-3-5-24)22-8-6-21(7-9-22)19-36-10-12-40-13-11-36/h6-9,14-16,18,24H,2-5,10-13,17,19H2,1H3,(H,33,39)(H,35,38). The Morgan fingerprint density at radius 1 is 1.10 bits per heavy atom. The monoisotopic (exact) mass is 559 g/mol. The van der Waals surface area contributed by atoms with Crippen molar-refractivity contribution in [1.29, 1.82) is 0 Å². The summed E-state index contributed by atoms with van der Waals surface area (Å²) in [5.74, 6) is -0.266. The summed E-state index contributed by atoms with van der Waals surface area (Å²) in [6.45, 7) is 6.15. The third kappa shape index (κ3) is 5.57. The van der Waals surface area contributed by atoms with Crippen molar-refractivity contribution < 1.29 is 9.53 Å². The molecule has 2 N–H and O–H groups in total. The summed E-state index contributed by atoms with van der Waals surface area (Å²) in [6.07, 6.45) is 6.36. The first-order valence-corrected chi connectivity index (χ1v) is 14.4. The van der Waals surface area contributed by atoms with Crippen LogP contribution >= 0.6 is 11.6 Å². The van der Waals surface area contributed by atoms with Crippen LogP contribution in [-0.4, -0.2) is 51.9 Å². The predicted molar refractivity (Wildman–Crippen MR) is 157 cm³/mol. The minimum Gasteiger partial charge on any atom is -0.379 e. The molecule has 0 atom stereocenters. The van der Waals surface area contributed by atoms with Crippen LogP contribution < -0.4 is 10.7 Å². The minimum absolute atomic E-state index is 0.0337. The second-order valence-corrected chi connectivity index (χ2v) is 11.2. The summed E-state index contributed by atoms with van der Waals surface area (Å²) in [7, 11) is 0. The number of carbonyl (C=O) groups excluding carboxylic acids is 1. The topological polar surface area (TPSA) is 92.2 Å². The summed E-state index contributed by atoms with van der Waals surface area (Å²) < 4.78 is 7.57. The van der Waals surface area contributed by atoms with Gasteiger partial charge < -0.3 is 15.0 Å². The number of aromatic nitrogens is 3. The van der Waals surface area contributed by atoms with Gasteiger partial charge in [0.15, 0.2) is 5.43 Å².